The third-order valence-electron chi connectivity index (χ3n) is 4.27. The van der Waals surface area contributed by atoms with Gasteiger partial charge in [-0.05, 0) is 31.0 Å². The first kappa shape index (κ1) is 14.1. The highest BCUT2D eigenvalue weighted by Gasteiger charge is 2.28. The molecule has 0 aromatic heterocycles. The van der Waals surface area contributed by atoms with Crippen molar-refractivity contribution in [3.8, 4) is 0 Å². The van der Waals surface area contributed by atoms with Gasteiger partial charge in [-0.2, -0.15) is 0 Å². The second-order valence-electron chi connectivity index (χ2n) is 5.90. The van der Waals surface area contributed by atoms with Gasteiger partial charge in [-0.25, -0.2) is 0 Å². The molecule has 2 fully saturated rings. The Morgan fingerprint density at radius 3 is 2.62 bits per heavy atom. The van der Waals surface area contributed by atoms with Crippen LogP contribution >= 0.6 is 0 Å². The number of carbonyl (C=O) groups excluding carboxylic acids is 2. The molecule has 5 nitrogen and oxygen atoms in total. The smallest absolute Gasteiger partial charge is 0.234 e. The molecule has 1 aromatic carbocycles. The molecule has 1 aromatic rings. The van der Waals surface area contributed by atoms with E-state index in [2.05, 4.69) is 34.6 Å². The molecule has 2 unspecified atom stereocenters. The number of piperazine rings is 1. The van der Waals surface area contributed by atoms with Gasteiger partial charge in [0.25, 0.3) is 0 Å². The molecular formula is C16H21N3O2. The summed E-state index contributed by atoms with van der Waals surface area (Å²) in [6.45, 7) is 5.18. The number of amides is 2. The Bertz CT molecular complexity index is 541. The predicted molar refractivity (Wildman–Crippen MR) is 81.2 cm³/mol. The van der Waals surface area contributed by atoms with Gasteiger partial charge in [0.15, 0.2) is 0 Å². The van der Waals surface area contributed by atoms with Crippen molar-refractivity contribution in [3.63, 3.8) is 0 Å². The van der Waals surface area contributed by atoms with Crippen molar-refractivity contribution in [1.29, 1.82) is 0 Å². The van der Waals surface area contributed by atoms with Gasteiger partial charge >= 0.3 is 0 Å². The number of anilines is 1. The van der Waals surface area contributed by atoms with Crippen molar-refractivity contribution in [2.45, 2.75) is 31.7 Å². The SMILES string of the molecule is CC1CN(c2ccc(C3CCC(=O)NC3=O)cc2)CCN1. The van der Waals surface area contributed by atoms with E-state index >= 15 is 0 Å². The molecule has 2 saturated heterocycles. The van der Waals surface area contributed by atoms with Crippen LogP contribution in [0, 0.1) is 0 Å². The molecule has 0 radical (unpaired) electrons. The van der Waals surface area contributed by atoms with Crippen molar-refractivity contribution < 1.29 is 9.59 Å². The molecule has 21 heavy (non-hydrogen) atoms. The van der Waals surface area contributed by atoms with Gasteiger partial charge < -0.3 is 10.2 Å². The van der Waals surface area contributed by atoms with Gasteiger partial charge in [0.05, 0.1) is 5.92 Å². The van der Waals surface area contributed by atoms with Gasteiger partial charge in [0, 0.05) is 37.8 Å². The van der Waals surface area contributed by atoms with Crippen molar-refractivity contribution in [3.05, 3.63) is 29.8 Å². The summed E-state index contributed by atoms with van der Waals surface area (Å²) in [5.41, 5.74) is 2.19. The first-order chi connectivity index (χ1) is 10.1. The van der Waals surface area contributed by atoms with Crippen LogP contribution in [0.2, 0.25) is 0 Å². The van der Waals surface area contributed by atoms with Crippen molar-refractivity contribution in [2.75, 3.05) is 24.5 Å². The van der Waals surface area contributed by atoms with Crippen molar-refractivity contribution >= 4 is 17.5 Å². The van der Waals surface area contributed by atoms with Crippen LogP contribution in [0.25, 0.3) is 0 Å². The van der Waals surface area contributed by atoms with Gasteiger partial charge in [-0.1, -0.05) is 12.1 Å². The second kappa shape index (κ2) is 5.85. The van der Waals surface area contributed by atoms with Crippen LogP contribution < -0.4 is 15.5 Å². The van der Waals surface area contributed by atoms with E-state index in [1.165, 1.54) is 5.69 Å². The first-order valence-corrected chi connectivity index (χ1v) is 7.55. The third kappa shape index (κ3) is 3.08. The number of hydrogen-bond donors (Lipinski definition) is 2. The summed E-state index contributed by atoms with van der Waals surface area (Å²) in [5.74, 6) is -0.531. The fourth-order valence-electron chi connectivity index (χ4n) is 3.10. The van der Waals surface area contributed by atoms with Crippen LogP contribution in [-0.2, 0) is 9.59 Å². The van der Waals surface area contributed by atoms with Gasteiger partial charge in [0.1, 0.15) is 0 Å². The second-order valence-corrected chi connectivity index (χ2v) is 5.90. The highest BCUT2D eigenvalue weighted by Crippen LogP contribution is 2.27. The molecule has 2 aliphatic heterocycles. The lowest BCUT2D eigenvalue weighted by Crippen LogP contribution is -2.49. The third-order valence-corrected chi connectivity index (χ3v) is 4.27. The number of nitrogens with zero attached hydrogens (tertiary/aromatic N) is 1. The van der Waals surface area contributed by atoms with E-state index in [1.54, 1.807) is 0 Å². The average Bonchev–Trinajstić information content (AvgIpc) is 2.47. The maximum atomic E-state index is 11.9. The molecule has 0 aliphatic carbocycles. The normalized spacial score (nSPS) is 26.6. The van der Waals surface area contributed by atoms with E-state index in [0.29, 0.717) is 18.9 Å². The topological polar surface area (TPSA) is 61.4 Å². The lowest BCUT2D eigenvalue weighted by molar-refractivity contribution is -0.134. The maximum Gasteiger partial charge on any atom is 0.234 e. The fraction of sp³-hybridized carbons (Fsp3) is 0.500. The Labute approximate surface area is 124 Å². The maximum absolute atomic E-state index is 11.9. The Morgan fingerprint density at radius 2 is 1.95 bits per heavy atom. The summed E-state index contributed by atoms with van der Waals surface area (Å²) in [6, 6.07) is 8.69. The molecule has 0 saturated carbocycles. The Morgan fingerprint density at radius 1 is 1.19 bits per heavy atom. The molecule has 2 aliphatic rings. The van der Waals surface area contributed by atoms with Crippen LogP contribution in [0.4, 0.5) is 5.69 Å². The minimum atomic E-state index is -0.196. The van der Waals surface area contributed by atoms with Crippen LogP contribution in [-0.4, -0.2) is 37.5 Å². The Balaban J connectivity index is 1.72. The average molecular weight is 287 g/mol. The molecule has 0 spiro atoms. The van der Waals surface area contributed by atoms with E-state index in [9.17, 15) is 9.59 Å². The highest BCUT2D eigenvalue weighted by molar-refractivity contribution is 6.00. The lowest BCUT2D eigenvalue weighted by Gasteiger charge is -2.34. The zero-order valence-corrected chi connectivity index (χ0v) is 12.3. The molecule has 2 heterocycles. The minimum absolute atomic E-state index is 0.164. The van der Waals surface area contributed by atoms with E-state index in [0.717, 1.165) is 25.2 Å². The summed E-state index contributed by atoms with van der Waals surface area (Å²) in [4.78, 5) is 25.4. The van der Waals surface area contributed by atoms with Crippen LogP contribution in [0.1, 0.15) is 31.2 Å². The summed E-state index contributed by atoms with van der Waals surface area (Å²) in [5, 5.41) is 5.84. The molecule has 5 heteroatoms. The lowest BCUT2D eigenvalue weighted by atomic mass is 9.90. The molecule has 0 bridgehead atoms. The largest absolute Gasteiger partial charge is 0.369 e. The summed E-state index contributed by atoms with van der Waals surface area (Å²) in [6.07, 6.45) is 1.03. The summed E-state index contributed by atoms with van der Waals surface area (Å²) in [7, 11) is 0. The molecule has 2 N–H and O–H groups in total. The molecular weight excluding hydrogens is 266 g/mol. The van der Waals surface area contributed by atoms with Crippen LogP contribution in [0.5, 0.6) is 0 Å². The molecule has 112 valence electrons. The van der Waals surface area contributed by atoms with Crippen molar-refractivity contribution in [1.82, 2.24) is 10.6 Å². The highest BCUT2D eigenvalue weighted by atomic mass is 16.2. The minimum Gasteiger partial charge on any atom is -0.369 e. The van der Waals surface area contributed by atoms with Gasteiger partial charge in [-0.3, -0.25) is 14.9 Å². The molecule has 3 rings (SSSR count). The number of benzene rings is 1. The summed E-state index contributed by atoms with van der Waals surface area (Å²) >= 11 is 0. The Kier molecular flexibility index (Phi) is 3.92. The van der Waals surface area contributed by atoms with E-state index in [-0.39, 0.29) is 17.7 Å². The summed E-state index contributed by atoms with van der Waals surface area (Å²) < 4.78 is 0. The van der Waals surface area contributed by atoms with Crippen LogP contribution in [0.3, 0.4) is 0 Å². The van der Waals surface area contributed by atoms with Gasteiger partial charge in [0.2, 0.25) is 11.8 Å². The standard InChI is InChI=1S/C16H21N3O2/c1-11-10-19(9-8-17-11)13-4-2-12(3-5-13)14-6-7-15(20)18-16(14)21/h2-5,11,14,17H,6-10H2,1H3,(H,18,20,21). The zero-order valence-electron chi connectivity index (χ0n) is 12.3. The van der Waals surface area contributed by atoms with E-state index < -0.39 is 0 Å². The monoisotopic (exact) mass is 287 g/mol. The van der Waals surface area contributed by atoms with Crippen molar-refractivity contribution in [2.24, 2.45) is 0 Å². The quantitative estimate of drug-likeness (QED) is 0.797. The number of piperidine rings is 1. The predicted octanol–water partition coefficient (Wildman–Crippen LogP) is 1.00. The number of rotatable bonds is 2. The van der Waals surface area contributed by atoms with E-state index in [4.69, 9.17) is 0 Å². The zero-order chi connectivity index (χ0) is 14.8. The number of hydrogen-bond acceptors (Lipinski definition) is 4. The first-order valence-electron chi connectivity index (χ1n) is 7.55. The molecule has 2 atom stereocenters. The number of carbonyl (C=O) groups is 2. The van der Waals surface area contributed by atoms with E-state index in [1.807, 2.05) is 12.1 Å². The molecule has 2 amide bonds. The van der Waals surface area contributed by atoms with Crippen LogP contribution in [0.15, 0.2) is 24.3 Å². The number of imide groups is 1. The number of nitrogens with one attached hydrogen (secondary N) is 2. The fourth-order valence-corrected chi connectivity index (χ4v) is 3.10. The Hall–Kier alpha value is -1.88. The van der Waals surface area contributed by atoms with Gasteiger partial charge in [-0.15, -0.1) is 0 Å².